The topological polar surface area (TPSA) is 58.1 Å². The van der Waals surface area contributed by atoms with E-state index in [1.165, 1.54) is 11.6 Å². The number of hydrogen-bond acceptors (Lipinski definition) is 4. The third-order valence-corrected chi connectivity index (χ3v) is 4.85. The van der Waals surface area contributed by atoms with Crippen LogP contribution in [0.15, 0.2) is 53.5 Å². The fraction of sp³-hybridized carbons (Fsp3) is 0.409. The van der Waals surface area contributed by atoms with E-state index >= 15 is 0 Å². The minimum Gasteiger partial charge on any atom is -0.434 e. The summed E-state index contributed by atoms with van der Waals surface area (Å²) < 4.78 is 35.0. The average molecular weight is 418 g/mol. The zero-order chi connectivity index (χ0) is 21.2. The summed E-state index contributed by atoms with van der Waals surface area (Å²) in [6, 6.07) is 15.2. The van der Waals surface area contributed by atoms with Gasteiger partial charge in [0.15, 0.2) is 5.96 Å². The predicted molar refractivity (Wildman–Crippen MR) is 113 cm³/mol. The Kier molecular flexibility index (Phi) is 8.41. The highest BCUT2D eigenvalue weighted by atomic mass is 19.3. The molecule has 2 N–H and O–H groups in total. The van der Waals surface area contributed by atoms with Crippen LogP contribution in [0, 0.1) is 0 Å². The minimum absolute atomic E-state index is 0.159. The summed E-state index contributed by atoms with van der Waals surface area (Å²) in [6.45, 7) is 2.54. The molecule has 0 atom stereocenters. The number of morpholine rings is 1. The molecule has 0 amide bonds. The normalized spacial score (nSPS) is 15.3. The van der Waals surface area contributed by atoms with Crippen molar-refractivity contribution in [2.75, 3.05) is 33.4 Å². The second kappa shape index (κ2) is 11.5. The van der Waals surface area contributed by atoms with Crippen LogP contribution in [-0.4, -0.2) is 50.8 Å². The largest absolute Gasteiger partial charge is 0.434 e. The first-order valence-corrected chi connectivity index (χ1v) is 9.99. The number of ether oxygens (including phenoxy) is 2. The molecule has 30 heavy (non-hydrogen) atoms. The van der Waals surface area contributed by atoms with Gasteiger partial charge in [-0.25, -0.2) is 0 Å². The Hall–Kier alpha value is -2.71. The number of alkyl halides is 2. The van der Waals surface area contributed by atoms with Gasteiger partial charge in [0.05, 0.1) is 13.2 Å². The molecule has 1 saturated heterocycles. The van der Waals surface area contributed by atoms with E-state index in [-0.39, 0.29) is 5.75 Å². The van der Waals surface area contributed by atoms with Crippen molar-refractivity contribution in [1.82, 2.24) is 15.5 Å². The predicted octanol–water partition coefficient (Wildman–Crippen LogP) is 2.99. The molecule has 0 aromatic heterocycles. The van der Waals surface area contributed by atoms with Crippen LogP contribution >= 0.6 is 0 Å². The van der Waals surface area contributed by atoms with Crippen LogP contribution in [0.5, 0.6) is 5.75 Å². The number of nitrogens with one attached hydrogen (secondary N) is 2. The summed E-state index contributed by atoms with van der Waals surface area (Å²) >= 11 is 0. The third-order valence-electron chi connectivity index (χ3n) is 4.85. The number of halogens is 2. The van der Waals surface area contributed by atoms with E-state index in [4.69, 9.17) is 4.74 Å². The SMILES string of the molecule is CN=C(NCc1ccc(CN2CCOCC2)cc1)NCc1ccccc1OC(F)F. The van der Waals surface area contributed by atoms with Crippen LogP contribution in [0.2, 0.25) is 0 Å². The van der Waals surface area contributed by atoms with Crippen molar-refractivity contribution in [1.29, 1.82) is 0 Å². The molecule has 0 radical (unpaired) electrons. The van der Waals surface area contributed by atoms with Crippen LogP contribution in [0.3, 0.4) is 0 Å². The summed E-state index contributed by atoms with van der Waals surface area (Å²) in [6.07, 6.45) is 0. The van der Waals surface area contributed by atoms with Gasteiger partial charge in [0.2, 0.25) is 0 Å². The Morgan fingerprint density at radius 3 is 2.40 bits per heavy atom. The van der Waals surface area contributed by atoms with E-state index in [2.05, 4.69) is 49.5 Å². The van der Waals surface area contributed by atoms with Crippen molar-refractivity contribution in [3.8, 4) is 5.75 Å². The van der Waals surface area contributed by atoms with E-state index in [1.54, 1.807) is 25.2 Å². The molecule has 8 heteroatoms. The second-order valence-electron chi connectivity index (χ2n) is 6.97. The number of guanidine groups is 1. The van der Waals surface area contributed by atoms with E-state index in [1.807, 2.05) is 0 Å². The molecule has 1 heterocycles. The molecule has 0 unspecified atom stereocenters. The number of aliphatic imine (C=N–C) groups is 1. The van der Waals surface area contributed by atoms with Gasteiger partial charge in [-0.05, 0) is 17.2 Å². The highest BCUT2D eigenvalue weighted by Gasteiger charge is 2.11. The van der Waals surface area contributed by atoms with Crippen LogP contribution < -0.4 is 15.4 Å². The molecule has 162 valence electrons. The summed E-state index contributed by atoms with van der Waals surface area (Å²) in [4.78, 5) is 6.58. The van der Waals surface area contributed by atoms with Gasteiger partial charge in [-0.2, -0.15) is 8.78 Å². The lowest BCUT2D eigenvalue weighted by atomic mass is 10.1. The van der Waals surface area contributed by atoms with Gasteiger partial charge in [0, 0.05) is 45.3 Å². The van der Waals surface area contributed by atoms with Gasteiger partial charge in [-0.1, -0.05) is 42.5 Å². The van der Waals surface area contributed by atoms with Crippen molar-refractivity contribution >= 4 is 5.96 Å². The Morgan fingerprint density at radius 1 is 1.03 bits per heavy atom. The van der Waals surface area contributed by atoms with Gasteiger partial charge >= 0.3 is 6.61 Å². The van der Waals surface area contributed by atoms with Gasteiger partial charge < -0.3 is 20.1 Å². The van der Waals surface area contributed by atoms with E-state index in [0.717, 1.165) is 38.4 Å². The van der Waals surface area contributed by atoms with Gasteiger partial charge in [0.1, 0.15) is 5.75 Å². The maximum Gasteiger partial charge on any atom is 0.387 e. The zero-order valence-electron chi connectivity index (χ0n) is 17.1. The number of benzene rings is 2. The smallest absolute Gasteiger partial charge is 0.387 e. The first-order valence-electron chi connectivity index (χ1n) is 9.99. The molecule has 1 aliphatic heterocycles. The van der Waals surface area contributed by atoms with Crippen molar-refractivity contribution in [3.63, 3.8) is 0 Å². The molecular weight excluding hydrogens is 390 g/mol. The highest BCUT2D eigenvalue weighted by molar-refractivity contribution is 5.79. The quantitative estimate of drug-likeness (QED) is 0.510. The van der Waals surface area contributed by atoms with Crippen LogP contribution in [-0.2, 0) is 24.4 Å². The standard InChI is InChI=1S/C22H28F2N4O2/c1-25-22(27-15-19-4-2-3-5-20(19)30-21(23)24)26-14-17-6-8-18(9-7-17)16-28-10-12-29-13-11-28/h2-9,21H,10-16H2,1H3,(H2,25,26,27). The summed E-state index contributed by atoms with van der Waals surface area (Å²) in [5.41, 5.74) is 3.04. The maximum atomic E-state index is 12.5. The van der Waals surface area contributed by atoms with Crippen molar-refractivity contribution in [3.05, 3.63) is 65.2 Å². The Labute approximate surface area is 175 Å². The molecule has 0 saturated carbocycles. The van der Waals surface area contributed by atoms with Crippen molar-refractivity contribution < 1.29 is 18.3 Å². The Bertz CT molecular complexity index is 809. The lowest BCUT2D eigenvalue weighted by molar-refractivity contribution is -0.0504. The van der Waals surface area contributed by atoms with Crippen LogP contribution in [0.25, 0.3) is 0 Å². The fourth-order valence-corrected chi connectivity index (χ4v) is 3.23. The third kappa shape index (κ3) is 6.96. The fourth-order valence-electron chi connectivity index (χ4n) is 3.23. The lowest BCUT2D eigenvalue weighted by Gasteiger charge is -2.26. The van der Waals surface area contributed by atoms with E-state index in [9.17, 15) is 8.78 Å². The number of para-hydroxylation sites is 1. The number of hydrogen-bond donors (Lipinski definition) is 2. The molecule has 0 aliphatic carbocycles. The second-order valence-corrected chi connectivity index (χ2v) is 6.97. The van der Waals surface area contributed by atoms with Crippen LogP contribution in [0.1, 0.15) is 16.7 Å². The van der Waals surface area contributed by atoms with Crippen molar-refractivity contribution in [2.24, 2.45) is 4.99 Å². The first kappa shape index (κ1) is 22.0. The molecular formula is C22H28F2N4O2. The molecule has 1 aliphatic rings. The molecule has 1 fully saturated rings. The van der Waals surface area contributed by atoms with E-state index in [0.29, 0.717) is 24.6 Å². The summed E-state index contributed by atoms with van der Waals surface area (Å²) in [7, 11) is 1.67. The molecule has 0 spiro atoms. The lowest BCUT2D eigenvalue weighted by Crippen LogP contribution is -2.36. The summed E-state index contributed by atoms with van der Waals surface area (Å²) in [5, 5.41) is 6.37. The van der Waals surface area contributed by atoms with Gasteiger partial charge in [0.25, 0.3) is 0 Å². The Morgan fingerprint density at radius 2 is 1.70 bits per heavy atom. The van der Waals surface area contributed by atoms with Gasteiger partial charge in [-0.15, -0.1) is 0 Å². The highest BCUT2D eigenvalue weighted by Crippen LogP contribution is 2.19. The maximum absolute atomic E-state index is 12.5. The average Bonchev–Trinajstić information content (AvgIpc) is 2.76. The summed E-state index contributed by atoms with van der Waals surface area (Å²) in [5.74, 6) is 0.741. The number of nitrogens with zero attached hydrogens (tertiary/aromatic N) is 2. The molecule has 3 rings (SSSR count). The van der Waals surface area contributed by atoms with Crippen LogP contribution in [0.4, 0.5) is 8.78 Å². The van der Waals surface area contributed by atoms with Gasteiger partial charge in [-0.3, -0.25) is 9.89 Å². The monoisotopic (exact) mass is 418 g/mol. The molecule has 6 nitrogen and oxygen atoms in total. The molecule has 0 bridgehead atoms. The van der Waals surface area contributed by atoms with Crippen molar-refractivity contribution in [2.45, 2.75) is 26.2 Å². The van der Waals surface area contributed by atoms with E-state index < -0.39 is 6.61 Å². The molecule has 2 aromatic carbocycles. The minimum atomic E-state index is -2.85. The first-order chi connectivity index (χ1) is 14.6. The Balaban J connectivity index is 1.47. The zero-order valence-corrected chi connectivity index (χ0v) is 17.1. The molecule has 2 aromatic rings. The number of rotatable bonds is 8.